The number of pyridine rings is 1. The topological polar surface area (TPSA) is 163 Å². The molecule has 0 radical (unpaired) electrons. The molecule has 164 valence electrons. The summed E-state index contributed by atoms with van der Waals surface area (Å²) < 4.78 is 19.9. The van der Waals surface area contributed by atoms with Gasteiger partial charge < -0.3 is 27.3 Å². The number of carbonyl (C=O) groups excluding carboxylic acids is 3. The van der Waals surface area contributed by atoms with Gasteiger partial charge in [0.25, 0.3) is 0 Å². The van der Waals surface area contributed by atoms with Crippen molar-refractivity contribution in [3.8, 4) is 11.5 Å². The SMILES string of the molecule is NC(=O)C(C(=O)Nc1ccc(Oc2ccnc(N)c2)c(F)c1)C(C(N)=O)c1ccccc1. The van der Waals surface area contributed by atoms with Crippen molar-refractivity contribution >= 4 is 29.2 Å². The molecule has 1 aromatic heterocycles. The molecule has 0 bridgehead atoms. The van der Waals surface area contributed by atoms with Gasteiger partial charge in [-0.25, -0.2) is 9.37 Å². The first kappa shape index (κ1) is 22.2. The maximum atomic E-state index is 14.5. The molecular weight excluding hydrogens is 417 g/mol. The van der Waals surface area contributed by atoms with Crippen LogP contribution in [0, 0.1) is 11.7 Å². The Morgan fingerprint density at radius 2 is 1.69 bits per heavy atom. The summed E-state index contributed by atoms with van der Waals surface area (Å²) in [5.41, 5.74) is 16.8. The van der Waals surface area contributed by atoms with E-state index in [1.54, 1.807) is 30.3 Å². The van der Waals surface area contributed by atoms with Crippen molar-refractivity contribution < 1.29 is 23.5 Å². The lowest BCUT2D eigenvalue weighted by molar-refractivity contribution is -0.135. The first-order chi connectivity index (χ1) is 15.3. The minimum atomic E-state index is -1.60. The van der Waals surface area contributed by atoms with Crippen LogP contribution in [-0.4, -0.2) is 22.7 Å². The van der Waals surface area contributed by atoms with E-state index in [1.165, 1.54) is 30.5 Å². The molecule has 3 amide bonds. The number of primary amides is 2. The summed E-state index contributed by atoms with van der Waals surface area (Å²) in [6.45, 7) is 0. The quantitative estimate of drug-likeness (QED) is 0.393. The number of benzene rings is 2. The van der Waals surface area contributed by atoms with Crippen LogP contribution >= 0.6 is 0 Å². The number of amides is 3. The van der Waals surface area contributed by atoms with Crippen molar-refractivity contribution in [2.24, 2.45) is 17.4 Å². The highest BCUT2D eigenvalue weighted by Crippen LogP contribution is 2.29. The van der Waals surface area contributed by atoms with Crippen LogP contribution in [0.1, 0.15) is 11.5 Å². The number of ether oxygens (including phenoxy) is 1. The summed E-state index contributed by atoms with van der Waals surface area (Å²) in [5.74, 6) is -6.19. The number of anilines is 2. The van der Waals surface area contributed by atoms with E-state index >= 15 is 0 Å². The van der Waals surface area contributed by atoms with E-state index in [9.17, 15) is 18.8 Å². The molecule has 0 fully saturated rings. The Morgan fingerprint density at radius 1 is 0.969 bits per heavy atom. The predicted molar refractivity (Wildman–Crippen MR) is 115 cm³/mol. The van der Waals surface area contributed by atoms with Gasteiger partial charge in [0, 0.05) is 24.0 Å². The number of rotatable bonds is 8. The van der Waals surface area contributed by atoms with Crippen molar-refractivity contribution in [1.29, 1.82) is 0 Å². The molecule has 0 saturated heterocycles. The molecular formula is C22H20FN5O4. The van der Waals surface area contributed by atoms with E-state index in [4.69, 9.17) is 21.9 Å². The maximum Gasteiger partial charge on any atom is 0.238 e. The number of nitrogens with zero attached hydrogens (tertiary/aromatic N) is 1. The van der Waals surface area contributed by atoms with E-state index in [0.29, 0.717) is 5.56 Å². The minimum absolute atomic E-state index is 0.0247. The molecule has 0 aliphatic heterocycles. The fourth-order valence-electron chi connectivity index (χ4n) is 3.13. The number of hydrogen-bond donors (Lipinski definition) is 4. The average molecular weight is 437 g/mol. The molecule has 0 aliphatic rings. The largest absolute Gasteiger partial charge is 0.454 e. The molecule has 9 nitrogen and oxygen atoms in total. The zero-order valence-electron chi connectivity index (χ0n) is 16.7. The fraction of sp³-hybridized carbons (Fsp3) is 0.0909. The minimum Gasteiger partial charge on any atom is -0.454 e. The number of nitrogen functional groups attached to an aromatic ring is 1. The molecule has 10 heteroatoms. The third-order valence-corrected chi connectivity index (χ3v) is 4.57. The smallest absolute Gasteiger partial charge is 0.238 e. The molecule has 32 heavy (non-hydrogen) atoms. The van der Waals surface area contributed by atoms with Gasteiger partial charge in [0.05, 0.1) is 5.92 Å². The summed E-state index contributed by atoms with van der Waals surface area (Å²) in [7, 11) is 0. The van der Waals surface area contributed by atoms with Gasteiger partial charge in [-0.2, -0.15) is 0 Å². The van der Waals surface area contributed by atoms with Gasteiger partial charge in [-0.1, -0.05) is 30.3 Å². The van der Waals surface area contributed by atoms with Gasteiger partial charge in [0.1, 0.15) is 17.5 Å². The number of hydrogen-bond acceptors (Lipinski definition) is 6. The molecule has 0 spiro atoms. The van der Waals surface area contributed by atoms with Crippen molar-refractivity contribution in [3.05, 3.63) is 78.2 Å². The Hall–Kier alpha value is -4.47. The van der Waals surface area contributed by atoms with Crippen LogP contribution in [0.15, 0.2) is 66.9 Å². The van der Waals surface area contributed by atoms with Gasteiger partial charge in [0.15, 0.2) is 11.6 Å². The highest BCUT2D eigenvalue weighted by atomic mass is 19.1. The lowest BCUT2D eigenvalue weighted by Crippen LogP contribution is -2.43. The van der Waals surface area contributed by atoms with Crippen LogP contribution in [0.4, 0.5) is 15.9 Å². The Kier molecular flexibility index (Phi) is 6.64. The summed E-state index contributed by atoms with van der Waals surface area (Å²) in [4.78, 5) is 40.7. The molecule has 3 rings (SSSR count). The summed E-state index contributed by atoms with van der Waals surface area (Å²) in [6, 6.07) is 14.6. The molecule has 2 unspecified atom stereocenters. The Morgan fingerprint density at radius 3 is 2.28 bits per heavy atom. The Bertz CT molecular complexity index is 1160. The highest BCUT2D eigenvalue weighted by Gasteiger charge is 2.38. The second-order valence-electron chi connectivity index (χ2n) is 6.82. The first-order valence-electron chi connectivity index (χ1n) is 9.39. The maximum absolute atomic E-state index is 14.5. The van der Waals surface area contributed by atoms with Gasteiger partial charge >= 0.3 is 0 Å². The second kappa shape index (κ2) is 9.56. The lowest BCUT2D eigenvalue weighted by Gasteiger charge is -2.22. The number of aromatic nitrogens is 1. The van der Waals surface area contributed by atoms with Crippen LogP contribution in [0.5, 0.6) is 11.5 Å². The monoisotopic (exact) mass is 437 g/mol. The van der Waals surface area contributed by atoms with Crippen LogP contribution < -0.4 is 27.3 Å². The molecule has 3 aromatic rings. The number of nitrogens with one attached hydrogen (secondary N) is 1. The van der Waals surface area contributed by atoms with E-state index < -0.39 is 35.4 Å². The van der Waals surface area contributed by atoms with Crippen LogP contribution in [0.3, 0.4) is 0 Å². The number of carbonyl (C=O) groups is 3. The third-order valence-electron chi connectivity index (χ3n) is 4.57. The van der Waals surface area contributed by atoms with Crippen molar-refractivity contribution in [3.63, 3.8) is 0 Å². The Labute approximate surface area is 182 Å². The lowest BCUT2D eigenvalue weighted by atomic mass is 9.84. The normalized spacial score (nSPS) is 12.4. The van der Waals surface area contributed by atoms with Gasteiger partial charge in [0.2, 0.25) is 17.7 Å². The summed E-state index contributed by atoms with van der Waals surface area (Å²) >= 11 is 0. The summed E-state index contributed by atoms with van der Waals surface area (Å²) in [5, 5.41) is 2.40. The van der Waals surface area contributed by atoms with Gasteiger partial charge in [-0.15, -0.1) is 0 Å². The predicted octanol–water partition coefficient (Wildman–Crippen LogP) is 1.90. The van der Waals surface area contributed by atoms with Gasteiger partial charge in [-0.05, 0) is 23.8 Å². The number of nitrogens with two attached hydrogens (primary N) is 3. The zero-order chi connectivity index (χ0) is 23.3. The van der Waals surface area contributed by atoms with E-state index in [1.807, 2.05) is 0 Å². The van der Waals surface area contributed by atoms with Crippen molar-refractivity contribution in [2.75, 3.05) is 11.1 Å². The molecule has 1 heterocycles. The van der Waals surface area contributed by atoms with Crippen molar-refractivity contribution in [1.82, 2.24) is 4.98 Å². The Balaban J connectivity index is 1.81. The third kappa shape index (κ3) is 5.17. The molecule has 0 aliphatic carbocycles. The van der Waals surface area contributed by atoms with Crippen LogP contribution in [-0.2, 0) is 14.4 Å². The average Bonchev–Trinajstić information content (AvgIpc) is 2.74. The molecule has 2 aromatic carbocycles. The van der Waals surface area contributed by atoms with E-state index in [0.717, 1.165) is 6.07 Å². The van der Waals surface area contributed by atoms with Crippen LogP contribution in [0.2, 0.25) is 0 Å². The first-order valence-corrected chi connectivity index (χ1v) is 9.39. The standard InChI is InChI=1S/C22H20FN5O4/c23-15-10-13(6-7-16(15)32-14-8-9-27-17(24)11-14)28-22(31)19(21(26)30)18(20(25)29)12-4-2-1-3-5-12/h1-11,18-19H,(H2,24,27)(H2,25,29)(H2,26,30)(H,28,31). The molecule has 2 atom stereocenters. The summed E-state index contributed by atoms with van der Waals surface area (Å²) in [6.07, 6.45) is 1.41. The molecule has 0 saturated carbocycles. The fourth-order valence-corrected chi connectivity index (χ4v) is 3.13. The van der Waals surface area contributed by atoms with Gasteiger partial charge in [-0.3, -0.25) is 14.4 Å². The number of halogens is 1. The highest BCUT2D eigenvalue weighted by molar-refractivity contribution is 6.10. The molecule has 7 N–H and O–H groups in total. The van der Waals surface area contributed by atoms with E-state index in [-0.39, 0.29) is 23.0 Å². The van der Waals surface area contributed by atoms with Crippen molar-refractivity contribution in [2.45, 2.75) is 5.92 Å². The van der Waals surface area contributed by atoms with E-state index in [2.05, 4.69) is 10.3 Å². The zero-order valence-corrected chi connectivity index (χ0v) is 16.7. The second-order valence-corrected chi connectivity index (χ2v) is 6.82. The van der Waals surface area contributed by atoms with Crippen LogP contribution in [0.25, 0.3) is 0 Å².